The number of aliphatic hydroxyl groups excluding tert-OH is 1. The van der Waals surface area contributed by atoms with Crippen LogP contribution < -0.4 is 5.32 Å². The van der Waals surface area contributed by atoms with E-state index in [4.69, 9.17) is 4.74 Å². The van der Waals surface area contributed by atoms with E-state index in [2.05, 4.69) is 5.32 Å². The zero-order chi connectivity index (χ0) is 13.7. The predicted octanol–water partition coefficient (Wildman–Crippen LogP) is 2.26. The van der Waals surface area contributed by atoms with Gasteiger partial charge >= 0.3 is 0 Å². The molecule has 0 heterocycles. The molecule has 2 atom stereocenters. The van der Waals surface area contributed by atoms with Crippen LogP contribution in [0.25, 0.3) is 0 Å². The van der Waals surface area contributed by atoms with Crippen molar-refractivity contribution in [2.24, 2.45) is 5.92 Å². The summed E-state index contributed by atoms with van der Waals surface area (Å²) >= 11 is 0. The van der Waals surface area contributed by atoms with Crippen LogP contribution in [-0.4, -0.2) is 31.0 Å². The molecule has 1 saturated carbocycles. The lowest BCUT2D eigenvalue weighted by Crippen LogP contribution is -2.32. The summed E-state index contributed by atoms with van der Waals surface area (Å²) in [6.07, 6.45) is 1.99. The topological polar surface area (TPSA) is 41.5 Å². The molecule has 106 valence electrons. The normalized spacial score (nSPS) is 18.3. The zero-order valence-corrected chi connectivity index (χ0v) is 11.3. The average Bonchev–Trinajstić information content (AvgIpc) is 3.20. The Hall–Kier alpha value is -0.970. The van der Waals surface area contributed by atoms with E-state index in [1.54, 1.807) is 6.07 Å². The molecule has 3 nitrogen and oxygen atoms in total. The minimum atomic E-state index is -0.519. The van der Waals surface area contributed by atoms with Gasteiger partial charge in [0.05, 0.1) is 12.7 Å². The zero-order valence-electron chi connectivity index (χ0n) is 11.3. The van der Waals surface area contributed by atoms with Crippen LogP contribution in [0.3, 0.4) is 0 Å². The first-order valence-electron chi connectivity index (χ1n) is 6.90. The molecule has 1 aromatic rings. The standard InChI is InChI=1S/C15H22FNO2/c1-11(13-3-2-4-14(16)7-13)17-8-15(18)10-19-9-12-5-6-12/h2-4,7,11-12,15,17-18H,5-6,8-10H2,1H3/t11-,15?/m1/s1. The first kappa shape index (κ1) is 14.4. The van der Waals surface area contributed by atoms with E-state index in [0.29, 0.717) is 19.1 Å². The molecule has 2 N–H and O–H groups in total. The lowest BCUT2D eigenvalue weighted by atomic mass is 10.1. The number of halogens is 1. The van der Waals surface area contributed by atoms with E-state index >= 15 is 0 Å². The third-order valence-electron chi connectivity index (χ3n) is 3.37. The molecule has 0 aromatic heterocycles. The van der Waals surface area contributed by atoms with Gasteiger partial charge in [0.2, 0.25) is 0 Å². The first-order valence-corrected chi connectivity index (χ1v) is 6.90. The van der Waals surface area contributed by atoms with Gasteiger partial charge in [0.1, 0.15) is 5.82 Å². The Labute approximate surface area is 113 Å². The molecule has 1 unspecified atom stereocenters. The Morgan fingerprint density at radius 2 is 2.26 bits per heavy atom. The van der Waals surface area contributed by atoms with E-state index in [-0.39, 0.29) is 11.9 Å². The lowest BCUT2D eigenvalue weighted by Gasteiger charge is -2.17. The van der Waals surface area contributed by atoms with Gasteiger partial charge in [-0.2, -0.15) is 0 Å². The van der Waals surface area contributed by atoms with Gasteiger partial charge in [0.15, 0.2) is 0 Å². The molecule has 2 rings (SSSR count). The largest absolute Gasteiger partial charge is 0.389 e. The van der Waals surface area contributed by atoms with Crippen LogP contribution in [0.15, 0.2) is 24.3 Å². The Balaban J connectivity index is 1.65. The Kier molecular flexibility index (Phi) is 5.31. The van der Waals surface area contributed by atoms with E-state index in [0.717, 1.165) is 12.2 Å². The van der Waals surface area contributed by atoms with Gasteiger partial charge < -0.3 is 15.2 Å². The predicted molar refractivity (Wildman–Crippen MR) is 72.4 cm³/mol. The van der Waals surface area contributed by atoms with Gasteiger partial charge in [0, 0.05) is 19.2 Å². The van der Waals surface area contributed by atoms with Crippen LogP contribution in [0.2, 0.25) is 0 Å². The molecule has 1 aliphatic rings. The highest BCUT2D eigenvalue weighted by Gasteiger charge is 2.21. The number of hydrogen-bond acceptors (Lipinski definition) is 3. The molecule has 1 aromatic carbocycles. The molecule has 0 saturated heterocycles. The molecule has 1 aliphatic carbocycles. The number of rotatable bonds is 8. The van der Waals surface area contributed by atoms with Crippen molar-refractivity contribution in [3.63, 3.8) is 0 Å². The van der Waals surface area contributed by atoms with Crippen LogP contribution in [-0.2, 0) is 4.74 Å². The third-order valence-corrected chi connectivity index (χ3v) is 3.37. The molecule has 0 radical (unpaired) electrons. The Bertz CT molecular complexity index is 395. The summed E-state index contributed by atoms with van der Waals surface area (Å²) in [4.78, 5) is 0. The second-order valence-corrected chi connectivity index (χ2v) is 5.32. The minimum absolute atomic E-state index is 0.00813. The van der Waals surface area contributed by atoms with Gasteiger partial charge in [-0.1, -0.05) is 12.1 Å². The van der Waals surface area contributed by atoms with E-state index in [1.807, 2.05) is 13.0 Å². The molecule has 0 aliphatic heterocycles. The fourth-order valence-electron chi connectivity index (χ4n) is 1.92. The van der Waals surface area contributed by atoms with Crippen molar-refractivity contribution < 1.29 is 14.2 Å². The summed E-state index contributed by atoms with van der Waals surface area (Å²) in [6, 6.07) is 6.51. The van der Waals surface area contributed by atoms with E-state index < -0.39 is 6.10 Å². The molecule has 19 heavy (non-hydrogen) atoms. The molecule has 1 fully saturated rings. The maximum absolute atomic E-state index is 13.1. The van der Waals surface area contributed by atoms with E-state index in [9.17, 15) is 9.50 Å². The fourth-order valence-corrected chi connectivity index (χ4v) is 1.92. The number of aliphatic hydroxyl groups is 1. The minimum Gasteiger partial charge on any atom is -0.389 e. The summed E-state index contributed by atoms with van der Waals surface area (Å²) < 4.78 is 18.5. The summed E-state index contributed by atoms with van der Waals surface area (Å²) in [5.41, 5.74) is 0.881. The van der Waals surface area contributed by atoms with Gasteiger partial charge in [-0.15, -0.1) is 0 Å². The molecule has 0 spiro atoms. The second-order valence-electron chi connectivity index (χ2n) is 5.32. The summed E-state index contributed by atoms with van der Waals surface area (Å²) in [5, 5.41) is 13.0. The number of ether oxygens (including phenoxy) is 1. The van der Waals surface area contributed by atoms with Crippen LogP contribution in [0.5, 0.6) is 0 Å². The molecular weight excluding hydrogens is 245 g/mol. The molecular formula is C15H22FNO2. The van der Waals surface area contributed by atoms with Crippen LogP contribution >= 0.6 is 0 Å². The SMILES string of the molecule is C[C@@H](NCC(O)COCC1CC1)c1cccc(F)c1. The quantitative estimate of drug-likeness (QED) is 0.759. The van der Waals surface area contributed by atoms with E-state index in [1.165, 1.54) is 25.0 Å². The summed E-state index contributed by atoms with van der Waals surface area (Å²) in [6.45, 7) is 3.52. The van der Waals surface area contributed by atoms with Crippen molar-refractivity contribution in [1.82, 2.24) is 5.32 Å². The highest BCUT2D eigenvalue weighted by atomic mass is 19.1. The maximum Gasteiger partial charge on any atom is 0.123 e. The number of benzene rings is 1. The van der Waals surface area contributed by atoms with Crippen LogP contribution in [0.1, 0.15) is 31.4 Å². The fraction of sp³-hybridized carbons (Fsp3) is 0.600. The van der Waals surface area contributed by atoms with Crippen molar-refractivity contribution in [3.8, 4) is 0 Å². The van der Waals surface area contributed by atoms with Gasteiger partial charge in [-0.3, -0.25) is 0 Å². The maximum atomic E-state index is 13.1. The second kappa shape index (κ2) is 6.98. The van der Waals surface area contributed by atoms with Crippen LogP contribution in [0, 0.1) is 11.7 Å². The Morgan fingerprint density at radius 1 is 1.47 bits per heavy atom. The first-order chi connectivity index (χ1) is 9.15. The lowest BCUT2D eigenvalue weighted by molar-refractivity contribution is 0.0315. The van der Waals surface area contributed by atoms with Gasteiger partial charge in [-0.25, -0.2) is 4.39 Å². The smallest absolute Gasteiger partial charge is 0.123 e. The molecule has 4 heteroatoms. The monoisotopic (exact) mass is 267 g/mol. The van der Waals surface area contributed by atoms with Crippen molar-refractivity contribution in [2.45, 2.75) is 31.9 Å². The Morgan fingerprint density at radius 3 is 2.95 bits per heavy atom. The van der Waals surface area contributed by atoms with Crippen molar-refractivity contribution in [1.29, 1.82) is 0 Å². The highest BCUT2D eigenvalue weighted by Crippen LogP contribution is 2.28. The average molecular weight is 267 g/mol. The third kappa shape index (κ3) is 5.27. The van der Waals surface area contributed by atoms with Crippen molar-refractivity contribution in [2.75, 3.05) is 19.8 Å². The number of hydrogen-bond donors (Lipinski definition) is 2. The molecule has 0 amide bonds. The van der Waals surface area contributed by atoms with Crippen molar-refractivity contribution in [3.05, 3.63) is 35.6 Å². The molecule has 0 bridgehead atoms. The van der Waals surface area contributed by atoms with Gasteiger partial charge in [0.25, 0.3) is 0 Å². The van der Waals surface area contributed by atoms with Crippen molar-refractivity contribution >= 4 is 0 Å². The van der Waals surface area contributed by atoms with Crippen LogP contribution in [0.4, 0.5) is 4.39 Å². The number of nitrogens with one attached hydrogen (secondary N) is 1. The van der Waals surface area contributed by atoms with Gasteiger partial charge in [-0.05, 0) is 43.4 Å². The highest BCUT2D eigenvalue weighted by molar-refractivity contribution is 5.19. The summed E-state index contributed by atoms with van der Waals surface area (Å²) in [7, 11) is 0. The summed E-state index contributed by atoms with van der Waals surface area (Å²) in [5.74, 6) is 0.478.